The van der Waals surface area contributed by atoms with Gasteiger partial charge in [-0.05, 0) is 11.6 Å². The fourth-order valence-electron chi connectivity index (χ4n) is 3.19. The Morgan fingerprint density at radius 2 is 1.71 bits per heavy atom. The second-order valence-corrected chi connectivity index (χ2v) is 5.66. The number of esters is 1. The first kappa shape index (κ1) is 16.2. The van der Waals surface area contributed by atoms with Crippen LogP contribution in [0.3, 0.4) is 0 Å². The minimum atomic E-state index is -2.58. The molecular weight excluding hydrogens is 310 g/mol. The number of amides is 1. The Hall–Kier alpha value is -2.70. The van der Waals surface area contributed by atoms with Gasteiger partial charge in [-0.15, -0.1) is 0 Å². The van der Waals surface area contributed by atoms with Gasteiger partial charge in [-0.2, -0.15) is 0 Å². The summed E-state index contributed by atoms with van der Waals surface area (Å²) in [4.78, 5) is 26.5. The number of methoxy groups -OCH3 is 1. The molecule has 24 heavy (non-hydrogen) atoms. The molecule has 0 radical (unpaired) electrons. The van der Waals surface area contributed by atoms with Gasteiger partial charge in [0.25, 0.3) is 5.91 Å². The van der Waals surface area contributed by atoms with E-state index in [0.717, 1.165) is 7.11 Å². The van der Waals surface area contributed by atoms with Gasteiger partial charge in [0.15, 0.2) is 0 Å². The molecule has 2 atom stereocenters. The molecule has 6 nitrogen and oxygen atoms in total. The van der Waals surface area contributed by atoms with Gasteiger partial charge in [-0.3, -0.25) is 4.79 Å². The van der Waals surface area contributed by atoms with Gasteiger partial charge in [0.05, 0.1) is 12.8 Å². The van der Waals surface area contributed by atoms with Crippen LogP contribution in [0.5, 0.6) is 0 Å². The van der Waals surface area contributed by atoms with E-state index in [2.05, 4.69) is 0 Å². The molecule has 0 saturated heterocycles. The van der Waals surface area contributed by atoms with E-state index < -0.39 is 23.1 Å². The van der Waals surface area contributed by atoms with Crippen LogP contribution in [-0.2, 0) is 25.5 Å². The van der Waals surface area contributed by atoms with Crippen LogP contribution in [0.1, 0.15) is 11.1 Å². The summed E-state index contributed by atoms with van der Waals surface area (Å²) in [5.41, 5.74) is -4.44. The minimum Gasteiger partial charge on any atom is -0.467 e. The van der Waals surface area contributed by atoms with Crippen molar-refractivity contribution in [1.82, 2.24) is 0 Å². The summed E-state index contributed by atoms with van der Waals surface area (Å²) in [5.74, 6) is -1.92. The molecule has 1 aliphatic heterocycles. The van der Waals surface area contributed by atoms with Crippen LogP contribution >= 0.6 is 0 Å². The SMILES string of the molecule is COC(=O)[C@](O)(c1ccccc1)[C@]1(O)C(=O)N(C)c2ccccc21. The van der Waals surface area contributed by atoms with Crippen molar-refractivity contribution < 1.29 is 24.5 Å². The van der Waals surface area contributed by atoms with Gasteiger partial charge < -0.3 is 19.8 Å². The van der Waals surface area contributed by atoms with Gasteiger partial charge in [-0.25, -0.2) is 4.79 Å². The van der Waals surface area contributed by atoms with Crippen molar-refractivity contribution >= 4 is 17.6 Å². The van der Waals surface area contributed by atoms with Crippen molar-refractivity contribution in [3.8, 4) is 0 Å². The Morgan fingerprint density at radius 3 is 2.33 bits per heavy atom. The van der Waals surface area contributed by atoms with Crippen molar-refractivity contribution in [2.24, 2.45) is 0 Å². The number of nitrogens with zero attached hydrogens (tertiary/aromatic N) is 1. The highest BCUT2D eigenvalue weighted by atomic mass is 16.5. The summed E-state index contributed by atoms with van der Waals surface area (Å²) >= 11 is 0. The Labute approximate surface area is 138 Å². The molecule has 2 aromatic rings. The molecule has 0 spiro atoms. The highest BCUT2D eigenvalue weighted by Gasteiger charge is 2.67. The second kappa shape index (κ2) is 5.43. The Kier molecular flexibility index (Phi) is 3.66. The van der Waals surface area contributed by atoms with Gasteiger partial charge in [0.1, 0.15) is 0 Å². The maximum atomic E-state index is 12.8. The molecule has 6 heteroatoms. The lowest BCUT2D eigenvalue weighted by Crippen LogP contribution is -2.59. The summed E-state index contributed by atoms with van der Waals surface area (Å²) in [7, 11) is 2.57. The van der Waals surface area contributed by atoms with Gasteiger partial charge in [-0.1, -0.05) is 48.5 Å². The Balaban J connectivity index is 2.33. The summed E-state index contributed by atoms with van der Waals surface area (Å²) in [6.45, 7) is 0. The van der Waals surface area contributed by atoms with Crippen molar-refractivity contribution in [1.29, 1.82) is 0 Å². The van der Waals surface area contributed by atoms with E-state index in [-0.39, 0.29) is 11.1 Å². The minimum absolute atomic E-state index is 0.0674. The van der Waals surface area contributed by atoms with E-state index in [4.69, 9.17) is 4.74 Å². The molecule has 2 N–H and O–H groups in total. The summed E-state index contributed by atoms with van der Waals surface area (Å²) in [5, 5.41) is 22.6. The van der Waals surface area contributed by atoms with Gasteiger partial charge in [0.2, 0.25) is 11.2 Å². The van der Waals surface area contributed by atoms with Gasteiger partial charge >= 0.3 is 5.97 Å². The lowest BCUT2D eigenvalue weighted by atomic mass is 9.74. The molecule has 1 amide bonds. The Bertz CT molecular complexity index is 804. The summed E-state index contributed by atoms with van der Waals surface area (Å²) < 4.78 is 4.73. The van der Waals surface area contributed by atoms with Crippen LogP contribution in [0.25, 0.3) is 0 Å². The third-order valence-electron chi connectivity index (χ3n) is 4.47. The average Bonchev–Trinajstić information content (AvgIpc) is 2.84. The number of para-hydroxylation sites is 1. The lowest BCUT2D eigenvalue weighted by molar-refractivity contribution is -0.203. The van der Waals surface area contributed by atoms with Crippen molar-refractivity contribution in [3.05, 3.63) is 65.7 Å². The molecule has 2 aromatic carbocycles. The van der Waals surface area contributed by atoms with E-state index in [1.54, 1.807) is 36.4 Å². The molecule has 1 aliphatic rings. The number of benzene rings is 2. The molecule has 0 fully saturated rings. The maximum absolute atomic E-state index is 12.8. The second-order valence-electron chi connectivity index (χ2n) is 5.66. The van der Waals surface area contributed by atoms with Gasteiger partial charge in [0, 0.05) is 12.6 Å². The molecule has 124 valence electrons. The lowest BCUT2D eigenvalue weighted by Gasteiger charge is -2.37. The van der Waals surface area contributed by atoms with Crippen LogP contribution in [0.4, 0.5) is 5.69 Å². The zero-order chi connectivity index (χ0) is 17.5. The quantitative estimate of drug-likeness (QED) is 0.818. The van der Waals surface area contributed by atoms with Crippen LogP contribution in [0, 0.1) is 0 Å². The highest BCUT2D eigenvalue weighted by Crippen LogP contribution is 2.50. The highest BCUT2D eigenvalue weighted by molar-refractivity contribution is 6.10. The number of anilines is 1. The number of hydrogen-bond acceptors (Lipinski definition) is 5. The van der Waals surface area contributed by atoms with E-state index in [9.17, 15) is 19.8 Å². The molecule has 0 unspecified atom stereocenters. The van der Waals surface area contributed by atoms with E-state index in [0.29, 0.717) is 5.69 Å². The van der Waals surface area contributed by atoms with E-state index >= 15 is 0 Å². The number of ether oxygens (including phenoxy) is 1. The number of fused-ring (bicyclic) bond motifs is 1. The molecule has 1 heterocycles. The first-order valence-corrected chi connectivity index (χ1v) is 7.35. The summed E-state index contributed by atoms with van der Waals surface area (Å²) in [6, 6.07) is 14.3. The predicted octanol–water partition coefficient (Wildman–Crippen LogP) is 0.911. The van der Waals surface area contributed by atoms with Crippen LogP contribution in [0.15, 0.2) is 54.6 Å². The smallest absolute Gasteiger partial charge is 0.346 e. The maximum Gasteiger partial charge on any atom is 0.346 e. The van der Waals surface area contributed by atoms with Crippen LogP contribution < -0.4 is 4.90 Å². The van der Waals surface area contributed by atoms with Crippen molar-refractivity contribution in [2.45, 2.75) is 11.2 Å². The number of likely N-dealkylation sites (N-methyl/N-ethyl adjacent to an activating group) is 1. The molecule has 0 aliphatic carbocycles. The third-order valence-corrected chi connectivity index (χ3v) is 4.47. The number of aliphatic hydroxyl groups is 2. The number of carbonyl (C=O) groups excluding carboxylic acids is 2. The molecule has 0 saturated carbocycles. The van der Waals surface area contributed by atoms with Crippen LogP contribution in [0.2, 0.25) is 0 Å². The third kappa shape index (κ3) is 1.84. The first-order chi connectivity index (χ1) is 11.4. The van der Waals surface area contributed by atoms with E-state index in [1.807, 2.05) is 0 Å². The summed E-state index contributed by atoms with van der Waals surface area (Å²) in [6.07, 6.45) is 0. The zero-order valence-electron chi connectivity index (χ0n) is 13.3. The van der Waals surface area contributed by atoms with Crippen molar-refractivity contribution in [3.63, 3.8) is 0 Å². The molecule has 0 aromatic heterocycles. The number of carbonyl (C=O) groups is 2. The molecule has 3 rings (SSSR count). The van der Waals surface area contributed by atoms with E-state index in [1.165, 1.54) is 30.1 Å². The zero-order valence-corrected chi connectivity index (χ0v) is 13.3. The largest absolute Gasteiger partial charge is 0.467 e. The Morgan fingerprint density at radius 1 is 1.12 bits per heavy atom. The average molecular weight is 327 g/mol. The predicted molar refractivity (Wildman–Crippen MR) is 86.1 cm³/mol. The first-order valence-electron chi connectivity index (χ1n) is 7.35. The monoisotopic (exact) mass is 327 g/mol. The number of rotatable bonds is 3. The normalized spacial score (nSPS) is 22.0. The molecule has 0 bridgehead atoms. The molecular formula is C18H17NO5. The standard InChI is InChI=1S/C18H17NO5/c1-19-14-11-7-6-10-13(14)18(23,15(19)20)17(22,16(21)24-2)12-8-4-3-5-9-12/h3-11,22-23H,1-2H3/t17-,18-/m1/s1. The topological polar surface area (TPSA) is 87.1 Å². The van der Waals surface area contributed by atoms with Crippen LogP contribution in [-0.4, -0.2) is 36.2 Å². The van der Waals surface area contributed by atoms with Crippen molar-refractivity contribution in [2.75, 3.05) is 19.1 Å². The fourth-order valence-corrected chi connectivity index (χ4v) is 3.19. The fraction of sp³-hybridized carbons (Fsp3) is 0.222. The number of hydrogen-bond donors (Lipinski definition) is 2.